The molecule has 4 nitrogen and oxygen atoms in total. The van der Waals surface area contributed by atoms with E-state index in [0.29, 0.717) is 0 Å². The van der Waals surface area contributed by atoms with Gasteiger partial charge in [-0.25, -0.2) is 0 Å². The summed E-state index contributed by atoms with van der Waals surface area (Å²) >= 11 is 7.41. The summed E-state index contributed by atoms with van der Waals surface area (Å²) in [5.41, 5.74) is 6.88. The minimum absolute atomic E-state index is 0.995. The first kappa shape index (κ1) is 32.1. The van der Waals surface area contributed by atoms with E-state index in [2.05, 4.69) is 143 Å². The molecule has 10 aromatic rings. The smallest absolute Gasteiger partial charge is 0.0916 e. The molecule has 260 valence electrons. The predicted octanol–water partition coefficient (Wildman–Crippen LogP) is 13.3. The molecule has 6 aromatic heterocycles. The molecule has 0 radical (unpaired) electrons. The van der Waals surface area contributed by atoms with Crippen molar-refractivity contribution in [3.63, 3.8) is 0 Å². The van der Waals surface area contributed by atoms with Gasteiger partial charge in [0.25, 0.3) is 0 Å². The van der Waals surface area contributed by atoms with Gasteiger partial charge in [-0.15, -0.1) is 45.3 Å². The van der Waals surface area contributed by atoms with Crippen LogP contribution in [0.4, 0.5) is 10.0 Å². The lowest BCUT2D eigenvalue weighted by Gasteiger charge is -2.35. The van der Waals surface area contributed by atoms with Crippen LogP contribution in [-0.4, -0.2) is 36.1 Å². The van der Waals surface area contributed by atoms with Gasteiger partial charge < -0.3 is 9.80 Å². The number of anilines is 2. The van der Waals surface area contributed by atoms with Crippen LogP contribution in [0, 0.1) is 0 Å². The van der Waals surface area contributed by atoms with Gasteiger partial charge in [0.2, 0.25) is 0 Å². The number of nitrogens with zero attached hydrogens (tertiary/aromatic N) is 4. The van der Waals surface area contributed by atoms with E-state index in [9.17, 15) is 0 Å². The van der Waals surface area contributed by atoms with E-state index in [4.69, 9.17) is 9.97 Å². The van der Waals surface area contributed by atoms with Gasteiger partial charge in [0, 0.05) is 101 Å². The van der Waals surface area contributed by atoms with Crippen molar-refractivity contribution in [3.05, 3.63) is 146 Å². The Balaban J connectivity index is 0.757. The summed E-state index contributed by atoms with van der Waals surface area (Å²) < 4.78 is 5.31. The highest BCUT2D eigenvalue weighted by Crippen LogP contribution is 2.42. The maximum atomic E-state index is 4.95. The number of aromatic nitrogens is 2. The van der Waals surface area contributed by atoms with Crippen LogP contribution < -0.4 is 9.80 Å². The third kappa shape index (κ3) is 5.52. The van der Waals surface area contributed by atoms with Crippen molar-refractivity contribution in [2.75, 3.05) is 36.0 Å². The predicted molar refractivity (Wildman–Crippen MR) is 236 cm³/mol. The lowest BCUT2D eigenvalue weighted by molar-refractivity contribution is 0.661. The van der Waals surface area contributed by atoms with Gasteiger partial charge in [0.05, 0.1) is 31.1 Å². The Labute approximate surface area is 328 Å². The van der Waals surface area contributed by atoms with Gasteiger partial charge in [-0.3, -0.25) is 9.97 Å². The van der Waals surface area contributed by atoms with Crippen molar-refractivity contribution in [1.82, 2.24) is 9.97 Å². The molecule has 0 amide bonds. The SMILES string of the molecule is c1ccc2c(c1)sc1c(-c3ccc(-c4ccc(N5CCN(c6ccc(-c7ccc(-c8cccc9c8sc8ccccc89)cn7)s6)CC5)s4)nc3)cccc12. The van der Waals surface area contributed by atoms with E-state index in [1.165, 1.54) is 71.2 Å². The maximum absolute atomic E-state index is 4.95. The van der Waals surface area contributed by atoms with Gasteiger partial charge in [-0.2, -0.15) is 0 Å². The summed E-state index contributed by atoms with van der Waals surface area (Å²) in [7, 11) is 0. The zero-order chi connectivity index (χ0) is 35.6. The molecule has 7 heterocycles. The standard InChI is InChI=1S/C46H32N4S4/c1-3-13-39-33(7-1)35-11-5-9-31(45(35)53-39)29-15-17-37(47-27-29)41-19-21-43(51-41)49-23-25-50(26-24-49)44-22-20-42(52-44)38-18-16-30(28-48-38)32-10-6-12-36-34-8-2-4-14-40(34)54-46(32)36/h1-22,27-28H,23-26H2. The number of rotatable bonds is 6. The Morgan fingerprint density at radius 1 is 0.389 bits per heavy atom. The first-order valence-corrected chi connectivity index (χ1v) is 21.4. The van der Waals surface area contributed by atoms with Crippen LogP contribution in [0.1, 0.15) is 0 Å². The molecule has 0 bridgehead atoms. The second-order valence-electron chi connectivity index (χ2n) is 13.7. The van der Waals surface area contributed by atoms with E-state index in [-0.39, 0.29) is 0 Å². The fourth-order valence-electron chi connectivity index (χ4n) is 7.76. The Bertz CT molecular complexity index is 2760. The molecular weight excluding hydrogens is 737 g/mol. The Kier molecular flexibility index (Phi) is 7.83. The molecule has 54 heavy (non-hydrogen) atoms. The van der Waals surface area contributed by atoms with Crippen LogP contribution in [0.5, 0.6) is 0 Å². The fraction of sp³-hybridized carbons (Fsp3) is 0.0870. The number of piperazine rings is 1. The lowest BCUT2D eigenvalue weighted by Crippen LogP contribution is -2.46. The normalized spacial score (nSPS) is 13.6. The van der Waals surface area contributed by atoms with Crippen LogP contribution >= 0.6 is 45.3 Å². The molecule has 8 heteroatoms. The molecule has 0 unspecified atom stereocenters. The number of fused-ring (bicyclic) bond motifs is 6. The van der Waals surface area contributed by atoms with Crippen molar-refractivity contribution in [3.8, 4) is 43.4 Å². The number of pyridine rings is 2. The van der Waals surface area contributed by atoms with E-state index in [1.54, 1.807) is 0 Å². The molecular formula is C46H32N4S4. The van der Waals surface area contributed by atoms with Crippen molar-refractivity contribution in [2.45, 2.75) is 0 Å². The second kappa shape index (κ2) is 13.2. The molecule has 1 aliphatic heterocycles. The van der Waals surface area contributed by atoms with E-state index >= 15 is 0 Å². The Hall–Kier alpha value is -5.38. The number of hydrogen-bond acceptors (Lipinski definition) is 8. The minimum atomic E-state index is 0.995. The summed E-state index contributed by atoms with van der Waals surface area (Å²) in [6.07, 6.45) is 4.08. The molecule has 1 fully saturated rings. The zero-order valence-corrected chi connectivity index (χ0v) is 32.4. The third-order valence-electron chi connectivity index (χ3n) is 10.5. The van der Waals surface area contributed by atoms with Crippen molar-refractivity contribution in [2.24, 2.45) is 0 Å². The van der Waals surface area contributed by atoms with Crippen LogP contribution in [0.15, 0.2) is 146 Å². The Morgan fingerprint density at radius 3 is 1.28 bits per heavy atom. The molecule has 0 N–H and O–H groups in total. The average Bonchev–Trinajstić information content (AvgIpc) is 4.06. The number of benzene rings is 4. The van der Waals surface area contributed by atoms with Gasteiger partial charge in [-0.05, 0) is 48.5 Å². The number of hydrogen-bond donors (Lipinski definition) is 0. The molecule has 4 aromatic carbocycles. The summed E-state index contributed by atoms with van der Waals surface area (Å²) in [6.45, 7) is 3.98. The van der Waals surface area contributed by atoms with Crippen LogP contribution in [0.3, 0.4) is 0 Å². The lowest BCUT2D eigenvalue weighted by atomic mass is 10.0. The van der Waals surface area contributed by atoms with Gasteiger partial charge in [-0.1, -0.05) is 84.9 Å². The molecule has 1 saturated heterocycles. The quantitative estimate of drug-likeness (QED) is 0.169. The van der Waals surface area contributed by atoms with Crippen LogP contribution in [0.2, 0.25) is 0 Å². The first-order valence-electron chi connectivity index (χ1n) is 18.2. The summed E-state index contributed by atoms with van der Waals surface area (Å²) in [4.78, 5) is 17.4. The molecule has 0 spiro atoms. The van der Waals surface area contributed by atoms with Crippen LogP contribution in [-0.2, 0) is 0 Å². The molecule has 0 saturated carbocycles. The van der Waals surface area contributed by atoms with E-state index in [1.807, 2.05) is 57.7 Å². The molecule has 0 aliphatic carbocycles. The van der Waals surface area contributed by atoms with Crippen molar-refractivity contribution < 1.29 is 0 Å². The number of thiophene rings is 4. The van der Waals surface area contributed by atoms with Crippen LogP contribution in [0.25, 0.3) is 83.7 Å². The largest absolute Gasteiger partial charge is 0.360 e. The summed E-state index contributed by atoms with van der Waals surface area (Å²) in [5.74, 6) is 0. The first-order chi connectivity index (χ1) is 26.7. The third-order valence-corrected chi connectivity index (χ3v) is 15.3. The monoisotopic (exact) mass is 768 g/mol. The van der Waals surface area contributed by atoms with E-state index < -0.39 is 0 Å². The highest BCUT2D eigenvalue weighted by molar-refractivity contribution is 7.26. The fourth-order valence-corrected chi connectivity index (χ4v) is 12.3. The topological polar surface area (TPSA) is 32.3 Å². The van der Waals surface area contributed by atoms with Gasteiger partial charge >= 0.3 is 0 Å². The van der Waals surface area contributed by atoms with E-state index in [0.717, 1.165) is 48.7 Å². The maximum Gasteiger partial charge on any atom is 0.0916 e. The molecule has 11 rings (SSSR count). The van der Waals surface area contributed by atoms with Crippen molar-refractivity contribution in [1.29, 1.82) is 0 Å². The molecule has 0 atom stereocenters. The van der Waals surface area contributed by atoms with Gasteiger partial charge in [0.15, 0.2) is 0 Å². The second-order valence-corrected chi connectivity index (χ2v) is 17.9. The highest BCUT2D eigenvalue weighted by Gasteiger charge is 2.21. The minimum Gasteiger partial charge on any atom is -0.360 e. The molecule has 1 aliphatic rings. The van der Waals surface area contributed by atoms with Crippen molar-refractivity contribution >= 4 is 95.7 Å². The summed E-state index contributed by atoms with van der Waals surface area (Å²) in [5, 5.41) is 7.92. The summed E-state index contributed by atoms with van der Waals surface area (Å²) in [6, 6.07) is 48.4. The van der Waals surface area contributed by atoms with Gasteiger partial charge in [0.1, 0.15) is 0 Å². The highest BCUT2D eigenvalue weighted by atomic mass is 32.1. The average molecular weight is 769 g/mol. The Morgan fingerprint density at radius 2 is 0.833 bits per heavy atom. The zero-order valence-electron chi connectivity index (χ0n) is 29.1.